The minimum atomic E-state index is 0.145. The van der Waals surface area contributed by atoms with Crippen LogP contribution in [0.15, 0.2) is 18.2 Å². The van der Waals surface area contributed by atoms with Gasteiger partial charge in [-0.25, -0.2) is 0 Å². The van der Waals surface area contributed by atoms with E-state index in [0.29, 0.717) is 6.79 Å². The number of fused-ring (bicyclic) bond motifs is 1. The molecule has 0 spiro atoms. The molecule has 2 heterocycles. The summed E-state index contributed by atoms with van der Waals surface area (Å²) in [7, 11) is 0. The second-order valence-corrected chi connectivity index (χ2v) is 5.79. The molecule has 1 unspecified atom stereocenters. The van der Waals surface area contributed by atoms with E-state index in [0.717, 1.165) is 40.0 Å². The Hall–Kier alpha value is -1.82. The van der Waals surface area contributed by atoms with Gasteiger partial charge in [-0.2, -0.15) is 0 Å². The van der Waals surface area contributed by atoms with E-state index in [9.17, 15) is 0 Å². The molecular formula is C14H17N3O2S. The molecule has 0 bridgehead atoms. The van der Waals surface area contributed by atoms with Crippen LogP contribution in [0.2, 0.25) is 0 Å². The Kier molecular flexibility index (Phi) is 3.73. The van der Waals surface area contributed by atoms with Crippen LogP contribution in [-0.4, -0.2) is 17.0 Å². The highest BCUT2D eigenvalue weighted by Gasteiger charge is 2.16. The quantitative estimate of drug-likeness (QED) is 0.915. The van der Waals surface area contributed by atoms with Crippen LogP contribution in [0.3, 0.4) is 0 Å². The molecule has 0 radical (unpaired) electrons. The van der Waals surface area contributed by atoms with Gasteiger partial charge in [0.1, 0.15) is 5.01 Å². The smallest absolute Gasteiger partial charge is 0.231 e. The lowest BCUT2D eigenvalue weighted by molar-refractivity contribution is 0.174. The predicted molar refractivity (Wildman–Crippen MR) is 78.5 cm³/mol. The Labute approximate surface area is 121 Å². The van der Waals surface area contributed by atoms with E-state index in [1.165, 1.54) is 0 Å². The number of ether oxygens (including phenoxy) is 2. The summed E-state index contributed by atoms with van der Waals surface area (Å²) in [6, 6.07) is 6.14. The normalized spacial score (nSPS) is 14.3. The molecule has 1 aliphatic heterocycles. The Balaban J connectivity index is 1.70. The molecular weight excluding hydrogens is 274 g/mol. The highest BCUT2D eigenvalue weighted by Crippen LogP contribution is 2.35. The number of aromatic nitrogens is 2. The molecule has 0 saturated heterocycles. The van der Waals surface area contributed by atoms with Gasteiger partial charge in [0, 0.05) is 6.42 Å². The van der Waals surface area contributed by atoms with Gasteiger partial charge in [0.2, 0.25) is 11.9 Å². The van der Waals surface area contributed by atoms with E-state index >= 15 is 0 Å². The lowest BCUT2D eigenvalue weighted by Crippen LogP contribution is -2.06. The molecule has 0 fully saturated rings. The first-order chi connectivity index (χ1) is 9.76. The molecule has 1 atom stereocenters. The summed E-state index contributed by atoms with van der Waals surface area (Å²) in [5.74, 6) is 1.61. The van der Waals surface area contributed by atoms with Crippen molar-refractivity contribution in [1.29, 1.82) is 0 Å². The van der Waals surface area contributed by atoms with E-state index in [4.69, 9.17) is 9.47 Å². The summed E-state index contributed by atoms with van der Waals surface area (Å²) in [6.07, 6.45) is 2.07. The van der Waals surface area contributed by atoms with Crippen LogP contribution in [0, 0.1) is 0 Å². The van der Waals surface area contributed by atoms with E-state index in [2.05, 4.69) is 29.4 Å². The number of anilines is 1. The standard InChI is InChI=1S/C14H17N3O2S/c1-3-4-13-16-17-14(20-13)15-9(2)10-5-6-11-12(7-10)19-8-18-11/h5-7,9H,3-4,8H2,1-2H3,(H,15,17). The van der Waals surface area contributed by atoms with Gasteiger partial charge in [-0.1, -0.05) is 24.3 Å². The zero-order chi connectivity index (χ0) is 13.9. The van der Waals surface area contributed by atoms with Crippen molar-refractivity contribution < 1.29 is 9.47 Å². The van der Waals surface area contributed by atoms with Gasteiger partial charge >= 0.3 is 0 Å². The van der Waals surface area contributed by atoms with E-state index in [1.807, 2.05) is 18.2 Å². The minimum Gasteiger partial charge on any atom is -0.454 e. The summed E-state index contributed by atoms with van der Waals surface area (Å²) in [5.41, 5.74) is 1.14. The van der Waals surface area contributed by atoms with Crippen LogP contribution in [0.4, 0.5) is 5.13 Å². The van der Waals surface area contributed by atoms with Crippen molar-refractivity contribution in [1.82, 2.24) is 10.2 Å². The Morgan fingerprint density at radius 3 is 3.00 bits per heavy atom. The maximum atomic E-state index is 5.40. The first kappa shape index (κ1) is 13.2. The van der Waals surface area contributed by atoms with Gasteiger partial charge in [0.25, 0.3) is 0 Å². The summed E-state index contributed by atoms with van der Waals surface area (Å²) in [6.45, 7) is 4.54. The average molecular weight is 291 g/mol. The van der Waals surface area contributed by atoms with E-state index in [-0.39, 0.29) is 6.04 Å². The van der Waals surface area contributed by atoms with Crippen LogP contribution >= 0.6 is 11.3 Å². The van der Waals surface area contributed by atoms with Crippen molar-refractivity contribution in [3.63, 3.8) is 0 Å². The Bertz CT molecular complexity index is 600. The first-order valence-electron chi connectivity index (χ1n) is 6.74. The molecule has 1 aromatic carbocycles. The zero-order valence-corrected chi connectivity index (χ0v) is 12.4. The van der Waals surface area contributed by atoms with Gasteiger partial charge in [-0.3, -0.25) is 0 Å². The number of hydrogen-bond acceptors (Lipinski definition) is 6. The monoisotopic (exact) mass is 291 g/mol. The predicted octanol–water partition coefficient (Wildman–Crippen LogP) is 3.39. The Morgan fingerprint density at radius 1 is 1.30 bits per heavy atom. The number of hydrogen-bond donors (Lipinski definition) is 1. The molecule has 1 aliphatic rings. The third-order valence-corrected chi connectivity index (χ3v) is 4.08. The number of aryl methyl sites for hydroxylation is 1. The summed E-state index contributed by atoms with van der Waals surface area (Å²) in [5, 5.41) is 13.7. The lowest BCUT2D eigenvalue weighted by atomic mass is 10.1. The molecule has 2 aromatic rings. The summed E-state index contributed by atoms with van der Waals surface area (Å²) < 4.78 is 10.7. The van der Waals surface area contributed by atoms with Crippen LogP contribution in [0.25, 0.3) is 0 Å². The highest BCUT2D eigenvalue weighted by molar-refractivity contribution is 7.15. The van der Waals surface area contributed by atoms with Crippen LogP contribution in [0.1, 0.15) is 36.9 Å². The molecule has 20 heavy (non-hydrogen) atoms. The summed E-state index contributed by atoms with van der Waals surface area (Å²) in [4.78, 5) is 0. The molecule has 0 amide bonds. The van der Waals surface area contributed by atoms with E-state index < -0.39 is 0 Å². The van der Waals surface area contributed by atoms with Gasteiger partial charge in [0.15, 0.2) is 11.5 Å². The van der Waals surface area contributed by atoms with Gasteiger partial charge < -0.3 is 14.8 Å². The third-order valence-electron chi connectivity index (χ3n) is 3.17. The maximum Gasteiger partial charge on any atom is 0.231 e. The Morgan fingerprint density at radius 2 is 2.15 bits per heavy atom. The van der Waals surface area contributed by atoms with Gasteiger partial charge in [0.05, 0.1) is 6.04 Å². The zero-order valence-electron chi connectivity index (χ0n) is 11.5. The van der Waals surface area contributed by atoms with Crippen LogP contribution in [-0.2, 0) is 6.42 Å². The fraction of sp³-hybridized carbons (Fsp3) is 0.429. The largest absolute Gasteiger partial charge is 0.454 e. The molecule has 3 rings (SSSR count). The molecule has 6 heteroatoms. The highest BCUT2D eigenvalue weighted by atomic mass is 32.1. The molecule has 1 N–H and O–H groups in total. The van der Waals surface area contributed by atoms with Crippen LogP contribution < -0.4 is 14.8 Å². The molecule has 5 nitrogen and oxygen atoms in total. The SMILES string of the molecule is CCCc1nnc(NC(C)c2ccc3c(c2)OCO3)s1. The molecule has 0 aliphatic carbocycles. The topological polar surface area (TPSA) is 56.3 Å². The van der Waals surface area contributed by atoms with Crippen molar-refractivity contribution in [3.05, 3.63) is 28.8 Å². The summed E-state index contributed by atoms with van der Waals surface area (Å²) >= 11 is 1.62. The van der Waals surface area contributed by atoms with Crippen molar-refractivity contribution >= 4 is 16.5 Å². The number of benzene rings is 1. The fourth-order valence-corrected chi connectivity index (χ4v) is 3.01. The molecule has 106 valence electrons. The van der Waals surface area contributed by atoms with Crippen molar-refractivity contribution in [3.8, 4) is 11.5 Å². The van der Waals surface area contributed by atoms with Crippen molar-refractivity contribution in [2.75, 3.05) is 12.1 Å². The lowest BCUT2D eigenvalue weighted by Gasteiger charge is -2.13. The fourth-order valence-electron chi connectivity index (χ4n) is 2.08. The van der Waals surface area contributed by atoms with E-state index in [1.54, 1.807) is 11.3 Å². The number of nitrogens with one attached hydrogen (secondary N) is 1. The minimum absolute atomic E-state index is 0.145. The average Bonchev–Trinajstić information content (AvgIpc) is 3.07. The van der Waals surface area contributed by atoms with Gasteiger partial charge in [-0.15, -0.1) is 10.2 Å². The molecule has 0 saturated carbocycles. The third kappa shape index (κ3) is 2.70. The maximum absolute atomic E-state index is 5.40. The van der Waals surface area contributed by atoms with Crippen LogP contribution in [0.5, 0.6) is 11.5 Å². The number of rotatable bonds is 5. The molecule has 1 aromatic heterocycles. The van der Waals surface area contributed by atoms with Crippen molar-refractivity contribution in [2.24, 2.45) is 0 Å². The first-order valence-corrected chi connectivity index (χ1v) is 7.56. The van der Waals surface area contributed by atoms with Gasteiger partial charge in [-0.05, 0) is 31.0 Å². The second-order valence-electron chi connectivity index (χ2n) is 4.73. The number of nitrogens with zero attached hydrogens (tertiary/aromatic N) is 2. The second kappa shape index (κ2) is 5.66. The van der Waals surface area contributed by atoms with Crippen molar-refractivity contribution in [2.45, 2.75) is 32.7 Å².